The number of nitrogens with zero attached hydrogens (tertiary/aromatic N) is 2. The summed E-state index contributed by atoms with van der Waals surface area (Å²) in [4.78, 5) is 10.8. The Morgan fingerprint density at radius 2 is 2.27 bits per heavy atom. The van der Waals surface area contributed by atoms with E-state index in [1.165, 1.54) is 0 Å². The van der Waals surface area contributed by atoms with Gasteiger partial charge in [-0.05, 0) is 31.2 Å². The second-order valence-corrected chi connectivity index (χ2v) is 3.32. The lowest BCUT2D eigenvalue weighted by Crippen LogP contribution is -1.98. The molecule has 0 atom stereocenters. The summed E-state index contributed by atoms with van der Waals surface area (Å²) in [6, 6.07) is 9.34. The van der Waals surface area contributed by atoms with E-state index in [2.05, 4.69) is 6.07 Å². The Morgan fingerprint density at radius 3 is 2.87 bits per heavy atom. The zero-order chi connectivity index (χ0) is 10.8. The van der Waals surface area contributed by atoms with Gasteiger partial charge in [-0.25, -0.2) is 0 Å². The molecule has 0 N–H and O–H groups in total. The van der Waals surface area contributed by atoms with Crippen LogP contribution in [-0.2, 0) is 6.54 Å². The molecule has 0 unspecified atom stereocenters. The van der Waals surface area contributed by atoms with E-state index in [0.717, 1.165) is 23.7 Å². The largest absolute Gasteiger partial charge is 0.339 e. The molecule has 0 saturated carbocycles. The molecule has 3 nitrogen and oxygen atoms in total. The summed E-state index contributed by atoms with van der Waals surface area (Å²) in [7, 11) is 0. The van der Waals surface area contributed by atoms with Crippen molar-refractivity contribution in [3.05, 3.63) is 35.5 Å². The lowest BCUT2D eigenvalue weighted by atomic mass is 10.2. The number of hydrogen-bond acceptors (Lipinski definition) is 2. The van der Waals surface area contributed by atoms with Gasteiger partial charge in [0.25, 0.3) is 0 Å². The summed E-state index contributed by atoms with van der Waals surface area (Å²) < 4.78 is 1.93. The van der Waals surface area contributed by atoms with Gasteiger partial charge in [-0.1, -0.05) is 0 Å². The van der Waals surface area contributed by atoms with E-state index < -0.39 is 0 Å². The van der Waals surface area contributed by atoms with Crippen LogP contribution in [0.4, 0.5) is 0 Å². The first-order chi connectivity index (χ1) is 7.30. The van der Waals surface area contributed by atoms with Gasteiger partial charge in [-0.3, -0.25) is 4.79 Å². The van der Waals surface area contributed by atoms with Crippen molar-refractivity contribution in [2.24, 2.45) is 0 Å². The van der Waals surface area contributed by atoms with Gasteiger partial charge < -0.3 is 4.57 Å². The van der Waals surface area contributed by atoms with Crippen molar-refractivity contribution in [3.63, 3.8) is 0 Å². The summed E-state index contributed by atoms with van der Waals surface area (Å²) in [5, 5.41) is 9.70. The van der Waals surface area contributed by atoms with E-state index in [-0.39, 0.29) is 0 Å². The lowest BCUT2D eigenvalue weighted by molar-refractivity contribution is 0.111. The lowest BCUT2D eigenvalue weighted by Gasteiger charge is -2.02. The SMILES string of the molecule is CCn1c(C=O)cc2cc(C#N)ccc21. The summed E-state index contributed by atoms with van der Waals surface area (Å²) >= 11 is 0. The van der Waals surface area contributed by atoms with E-state index in [1.807, 2.05) is 23.6 Å². The fourth-order valence-corrected chi connectivity index (χ4v) is 1.81. The number of aromatic nitrogens is 1. The minimum atomic E-state index is 0.619. The Kier molecular flexibility index (Phi) is 2.26. The van der Waals surface area contributed by atoms with Gasteiger partial charge in [0.1, 0.15) is 0 Å². The zero-order valence-electron chi connectivity index (χ0n) is 8.40. The molecule has 3 heteroatoms. The van der Waals surface area contributed by atoms with Gasteiger partial charge in [0, 0.05) is 17.4 Å². The average molecular weight is 198 g/mol. The number of fused-ring (bicyclic) bond motifs is 1. The van der Waals surface area contributed by atoms with Crippen molar-refractivity contribution in [2.75, 3.05) is 0 Å². The van der Waals surface area contributed by atoms with Crippen LogP contribution in [0.15, 0.2) is 24.3 Å². The van der Waals surface area contributed by atoms with Crippen molar-refractivity contribution in [1.29, 1.82) is 5.26 Å². The highest BCUT2D eigenvalue weighted by atomic mass is 16.1. The molecule has 1 aromatic carbocycles. The topological polar surface area (TPSA) is 45.8 Å². The third-order valence-electron chi connectivity index (χ3n) is 2.50. The molecule has 0 radical (unpaired) electrons. The second kappa shape index (κ2) is 3.58. The van der Waals surface area contributed by atoms with Gasteiger partial charge in [-0.15, -0.1) is 0 Å². The van der Waals surface area contributed by atoms with Crippen LogP contribution < -0.4 is 0 Å². The number of benzene rings is 1. The molecule has 0 aliphatic heterocycles. The van der Waals surface area contributed by atoms with Crippen molar-refractivity contribution in [3.8, 4) is 6.07 Å². The molecule has 0 amide bonds. The van der Waals surface area contributed by atoms with Crippen LogP contribution in [0.1, 0.15) is 23.0 Å². The molecule has 0 saturated heterocycles. The molecular formula is C12H10N2O. The fourth-order valence-electron chi connectivity index (χ4n) is 1.81. The second-order valence-electron chi connectivity index (χ2n) is 3.32. The fraction of sp³-hybridized carbons (Fsp3) is 0.167. The summed E-state index contributed by atoms with van der Waals surface area (Å²) in [6.07, 6.45) is 0.843. The maximum Gasteiger partial charge on any atom is 0.166 e. The normalized spacial score (nSPS) is 10.1. The van der Waals surface area contributed by atoms with Crippen LogP contribution in [0, 0.1) is 11.3 Å². The number of carbonyl (C=O) groups excluding carboxylic acids is 1. The maximum absolute atomic E-state index is 10.8. The quantitative estimate of drug-likeness (QED) is 0.695. The molecule has 74 valence electrons. The van der Waals surface area contributed by atoms with E-state index in [4.69, 9.17) is 5.26 Å². The first kappa shape index (κ1) is 9.47. The molecule has 2 rings (SSSR count). The molecule has 0 fully saturated rings. The monoisotopic (exact) mass is 198 g/mol. The highest BCUT2D eigenvalue weighted by Crippen LogP contribution is 2.20. The number of carbonyl (C=O) groups is 1. The smallest absolute Gasteiger partial charge is 0.166 e. The first-order valence-corrected chi connectivity index (χ1v) is 4.78. The Labute approximate surface area is 87.5 Å². The molecule has 0 bridgehead atoms. The van der Waals surface area contributed by atoms with Crippen molar-refractivity contribution >= 4 is 17.2 Å². The predicted octanol–water partition coefficient (Wildman–Crippen LogP) is 2.35. The van der Waals surface area contributed by atoms with E-state index in [9.17, 15) is 4.79 Å². The van der Waals surface area contributed by atoms with Gasteiger partial charge in [0.2, 0.25) is 0 Å². The summed E-state index contributed by atoms with van der Waals surface area (Å²) in [5.41, 5.74) is 2.27. The number of hydrogen-bond donors (Lipinski definition) is 0. The van der Waals surface area contributed by atoms with Crippen LogP contribution in [-0.4, -0.2) is 10.9 Å². The van der Waals surface area contributed by atoms with Crippen molar-refractivity contribution in [1.82, 2.24) is 4.57 Å². The number of rotatable bonds is 2. The molecule has 1 aromatic heterocycles. The summed E-state index contributed by atoms with van der Waals surface area (Å²) in [5.74, 6) is 0. The van der Waals surface area contributed by atoms with Crippen LogP contribution in [0.2, 0.25) is 0 Å². The van der Waals surface area contributed by atoms with Crippen molar-refractivity contribution < 1.29 is 4.79 Å². The Balaban J connectivity index is 2.77. The summed E-state index contributed by atoms with van der Waals surface area (Å²) in [6.45, 7) is 2.74. The molecule has 0 aliphatic carbocycles. The number of nitriles is 1. The van der Waals surface area contributed by atoms with Crippen molar-refractivity contribution in [2.45, 2.75) is 13.5 Å². The molecule has 2 aromatic rings. The van der Waals surface area contributed by atoms with Gasteiger partial charge in [0.15, 0.2) is 6.29 Å². The first-order valence-electron chi connectivity index (χ1n) is 4.78. The predicted molar refractivity (Wildman–Crippen MR) is 57.7 cm³/mol. The molecule has 15 heavy (non-hydrogen) atoms. The number of aldehydes is 1. The Hall–Kier alpha value is -2.08. The molecular weight excluding hydrogens is 188 g/mol. The van der Waals surface area contributed by atoms with Crippen LogP contribution in [0.3, 0.4) is 0 Å². The highest BCUT2D eigenvalue weighted by Gasteiger charge is 2.06. The van der Waals surface area contributed by atoms with Gasteiger partial charge in [0.05, 0.1) is 17.3 Å². The third-order valence-corrected chi connectivity index (χ3v) is 2.50. The minimum Gasteiger partial charge on any atom is -0.339 e. The van der Waals surface area contributed by atoms with E-state index in [1.54, 1.807) is 12.1 Å². The van der Waals surface area contributed by atoms with E-state index >= 15 is 0 Å². The highest BCUT2D eigenvalue weighted by molar-refractivity contribution is 5.89. The van der Waals surface area contributed by atoms with Gasteiger partial charge >= 0.3 is 0 Å². The Bertz CT molecular complexity index is 561. The third kappa shape index (κ3) is 1.40. The number of aryl methyl sites for hydroxylation is 1. The van der Waals surface area contributed by atoms with Crippen LogP contribution >= 0.6 is 0 Å². The molecule has 1 heterocycles. The Morgan fingerprint density at radius 1 is 1.47 bits per heavy atom. The standard InChI is InChI=1S/C12H10N2O/c1-2-14-11(8-15)6-10-5-9(7-13)3-4-12(10)14/h3-6,8H,2H2,1H3. The van der Waals surface area contributed by atoms with Crippen LogP contribution in [0.25, 0.3) is 10.9 Å². The minimum absolute atomic E-state index is 0.619. The average Bonchev–Trinajstić information content (AvgIpc) is 2.65. The maximum atomic E-state index is 10.8. The van der Waals surface area contributed by atoms with Gasteiger partial charge in [-0.2, -0.15) is 5.26 Å². The molecule has 0 spiro atoms. The van der Waals surface area contributed by atoms with Crippen LogP contribution in [0.5, 0.6) is 0 Å². The zero-order valence-corrected chi connectivity index (χ0v) is 8.40. The van der Waals surface area contributed by atoms with E-state index in [0.29, 0.717) is 11.3 Å². The molecule has 0 aliphatic rings.